The van der Waals surface area contributed by atoms with Crippen LogP contribution < -0.4 is 25.4 Å². The molecule has 198 valence electrons. The number of ether oxygens (including phenoxy) is 2. The number of benzene rings is 4. The number of carbonyl (C=O) groups excluding carboxylic acids is 1. The largest absolute Gasteiger partial charge is 0.490 e. The standard InChI is InChI=1S/C33H33N3O3/c1-3-38-29-19-27-28(20-30(29)39-4-2)36-33(37)31(27)32(25-13-9-6-10-14-25)35-26-17-15-24(16-18-26)22-34-21-23-11-7-5-8-12-23/h5-20,34-35H,3-4,21-22H2,1-2H3,(H,36,37). The maximum absolute atomic E-state index is 13.4. The van der Waals surface area contributed by atoms with Crippen molar-refractivity contribution < 1.29 is 14.3 Å². The van der Waals surface area contributed by atoms with Crippen molar-refractivity contribution in [3.05, 3.63) is 119 Å². The SMILES string of the molecule is CCOc1cc2c(cc1OCC)C(=C(Nc1ccc(CNCc3ccccc3)cc1)c1ccccc1)C(=O)N2. The van der Waals surface area contributed by atoms with Gasteiger partial charge in [-0.3, -0.25) is 4.79 Å². The Hall–Kier alpha value is -4.55. The smallest absolute Gasteiger partial charge is 0.258 e. The Balaban J connectivity index is 1.44. The molecule has 0 bridgehead atoms. The van der Waals surface area contributed by atoms with Crippen molar-refractivity contribution in [2.24, 2.45) is 0 Å². The summed E-state index contributed by atoms with van der Waals surface area (Å²) >= 11 is 0. The van der Waals surface area contributed by atoms with Crippen LogP contribution in [0.15, 0.2) is 97.1 Å². The quantitative estimate of drug-likeness (QED) is 0.192. The third kappa shape index (κ3) is 6.13. The molecule has 5 rings (SSSR count). The maximum Gasteiger partial charge on any atom is 0.258 e. The third-order valence-corrected chi connectivity index (χ3v) is 6.46. The van der Waals surface area contributed by atoms with E-state index in [1.54, 1.807) is 0 Å². The van der Waals surface area contributed by atoms with Crippen LogP contribution in [-0.2, 0) is 17.9 Å². The lowest BCUT2D eigenvalue weighted by atomic mass is 9.99. The number of anilines is 2. The second-order valence-electron chi connectivity index (χ2n) is 9.19. The first-order valence-electron chi connectivity index (χ1n) is 13.3. The highest BCUT2D eigenvalue weighted by atomic mass is 16.5. The molecular formula is C33H33N3O3. The summed E-state index contributed by atoms with van der Waals surface area (Å²) in [5, 5.41) is 10.0. The molecule has 0 radical (unpaired) electrons. The monoisotopic (exact) mass is 519 g/mol. The fraction of sp³-hybridized carbons (Fsp3) is 0.182. The van der Waals surface area contributed by atoms with Crippen LogP contribution in [-0.4, -0.2) is 19.1 Å². The molecule has 39 heavy (non-hydrogen) atoms. The summed E-state index contributed by atoms with van der Waals surface area (Å²) in [6, 6.07) is 32.3. The Morgan fingerprint density at radius 2 is 1.33 bits per heavy atom. The first kappa shape index (κ1) is 26.1. The number of amides is 1. The van der Waals surface area contributed by atoms with Gasteiger partial charge in [0.2, 0.25) is 0 Å². The first-order valence-corrected chi connectivity index (χ1v) is 13.3. The van der Waals surface area contributed by atoms with Crippen molar-refractivity contribution in [3.8, 4) is 11.5 Å². The number of nitrogens with one attached hydrogen (secondary N) is 3. The third-order valence-electron chi connectivity index (χ3n) is 6.46. The van der Waals surface area contributed by atoms with Crippen molar-refractivity contribution in [2.75, 3.05) is 23.8 Å². The van der Waals surface area contributed by atoms with Crippen LogP contribution in [0, 0.1) is 0 Å². The van der Waals surface area contributed by atoms with Gasteiger partial charge in [0.1, 0.15) is 0 Å². The molecule has 0 atom stereocenters. The molecule has 4 aromatic carbocycles. The molecule has 1 heterocycles. The Morgan fingerprint density at radius 1 is 0.744 bits per heavy atom. The fourth-order valence-corrected chi connectivity index (χ4v) is 4.64. The summed E-state index contributed by atoms with van der Waals surface area (Å²) in [4.78, 5) is 13.4. The lowest BCUT2D eigenvalue weighted by molar-refractivity contribution is -0.110. The van der Waals surface area contributed by atoms with Gasteiger partial charge >= 0.3 is 0 Å². The average molecular weight is 520 g/mol. The van der Waals surface area contributed by atoms with Crippen molar-refractivity contribution in [2.45, 2.75) is 26.9 Å². The van der Waals surface area contributed by atoms with Gasteiger partial charge in [0, 0.05) is 30.4 Å². The van der Waals surface area contributed by atoms with Crippen molar-refractivity contribution in [1.29, 1.82) is 0 Å². The van der Waals surface area contributed by atoms with Gasteiger partial charge in [0.05, 0.1) is 30.2 Å². The van der Waals surface area contributed by atoms with E-state index >= 15 is 0 Å². The zero-order chi connectivity index (χ0) is 27.0. The molecular weight excluding hydrogens is 486 g/mol. The van der Waals surface area contributed by atoms with Gasteiger partial charge in [-0.05, 0) is 48.7 Å². The summed E-state index contributed by atoms with van der Waals surface area (Å²) < 4.78 is 11.6. The van der Waals surface area contributed by atoms with E-state index < -0.39 is 0 Å². The summed E-state index contributed by atoms with van der Waals surface area (Å²) in [5.74, 6) is 1.06. The predicted octanol–water partition coefficient (Wildman–Crippen LogP) is 6.71. The van der Waals surface area contributed by atoms with Crippen molar-refractivity contribution >= 4 is 28.6 Å². The Kier molecular flexibility index (Phi) is 8.24. The van der Waals surface area contributed by atoms with Crippen LogP contribution in [0.1, 0.15) is 36.1 Å². The molecule has 1 aliphatic rings. The highest BCUT2D eigenvalue weighted by molar-refractivity contribution is 6.37. The zero-order valence-electron chi connectivity index (χ0n) is 22.3. The molecule has 0 unspecified atom stereocenters. The highest BCUT2D eigenvalue weighted by Gasteiger charge is 2.30. The molecule has 0 fully saturated rings. The van der Waals surface area contributed by atoms with Gasteiger partial charge in [0.15, 0.2) is 11.5 Å². The van der Waals surface area contributed by atoms with E-state index in [2.05, 4.69) is 52.3 Å². The molecule has 6 heteroatoms. The van der Waals surface area contributed by atoms with Crippen LogP contribution in [0.4, 0.5) is 11.4 Å². The number of carbonyl (C=O) groups is 1. The maximum atomic E-state index is 13.4. The fourth-order valence-electron chi connectivity index (χ4n) is 4.64. The molecule has 0 saturated heterocycles. The lowest BCUT2D eigenvalue weighted by Crippen LogP contribution is -2.12. The molecule has 0 spiro atoms. The van der Waals surface area contributed by atoms with Crippen molar-refractivity contribution in [1.82, 2.24) is 5.32 Å². The summed E-state index contributed by atoms with van der Waals surface area (Å²) in [6.07, 6.45) is 0. The van der Waals surface area contributed by atoms with E-state index in [0.29, 0.717) is 36.0 Å². The molecule has 0 aromatic heterocycles. The minimum Gasteiger partial charge on any atom is -0.490 e. The van der Waals surface area contributed by atoms with E-state index in [-0.39, 0.29) is 5.91 Å². The second-order valence-corrected chi connectivity index (χ2v) is 9.19. The first-order chi connectivity index (χ1) is 19.2. The number of hydrogen-bond acceptors (Lipinski definition) is 5. The van der Waals surface area contributed by atoms with Gasteiger partial charge in [-0.15, -0.1) is 0 Å². The number of fused-ring (bicyclic) bond motifs is 1. The van der Waals surface area contributed by atoms with Crippen LogP contribution in [0.2, 0.25) is 0 Å². The zero-order valence-corrected chi connectivity index (χ0v) is 22.3. The summed E-state index contributed by atoms with van der Waals surface area (Å²) in [5.41, 5.74) is 7.02. The van der Waals surface area contributed by atoms with Crippen molar-refractivity contribution in [3.63, 3.8) is 0 Å². The lowest BCUT2D eigenvalue weighted by Gasteiger charge is -2.16. The van der Waals surface area contributed by atoms with Gasteiger partial charge < -0.3 is 25.4 Å². The summed E-state index contributed by atoms with van der Waals surface area (Å²) in [6.45, 7) is 6.43. The topological polar surface area (TPSA) is 71.6 Å². The van der Waals surface area contributed by atoms with E-state index in [1.807, 2.05) is 74.5 Å². The normalized spacial score (nSPS) is 13.4. The Bertz CT molecular complexity index is 1450. The number of hydrogen-bond donors (Lipinski definition) is 3. The second kappa shape index (κ2) is 12.3. The van der Waals surface area contributed by atoms with Gasteiger partial charge in [-0.2, -0.15) is 0 Å². The molecule has 3 N–H and O–H groups in total. The van der Waals surface area contributed by atoms with E-state index in [1.165, 1.54) is 11.1 Å². The van der Waals surface area contributed by atoms with Gasteiger partial charge in [-0.1, -0.05) is 72.8 Å². The number of rotatable bonds is 11. The van der Waals surface area contributed by atoms with E-state index in [0.717, 1.165) is 35.6 Å². The van der Waals surface area contributed by atoms with Gasteiger partial charge in [-0.25, -0.2) is 0 Å². The van der Waals surface area contributed by atoms with Crippen LogP contribution >= 0.6 is 0 Å². The molecule has 6 nitrogen and oxygen atoms in total. The van der Waals surface area contributed by atoms with Crippen LogP contribution in [0.5, 0.6) is 11.5 Å². The van der Waals surface area contributed by atoms with E-state index in [4.69, 9.17) is 9.47 Å². The van der Waals surface area contributed by atoms with Crippen LogP contribution in [0.3, 0.4) is 0 Å². The predicted molar refractivity (Wildman–Crippen MR) is 158 cm³/mol. The summed E-state index contributed by atoms with van der Waals surface area (Å²) in [7, 11) is 0. The average Bonchev–Trinajstić information content (AvgIpc) is 3.28. The highest BCUT2D eigenvalue weighted by Crippen LogP contribution is 2.43. The molecule has 1 amide bonds. The molecule has 4 aromatic rings. The molecule has 1 aliphatic heterocycles. The minimum absolute atomic E-state index is 0.172. The minimum atomic E-state index is -0.172. The van der Waals surface area contributed by atoms with Gasteiger partial charge in [0.25, 0.3) is 5.91 Å². The van der Waals surface area contributed by atoms with Crippen LogP contribution in [0.25, 0.3) is 11.3 Å². The molecule has 0 saturated carbocycles. The Labute approximate surface area is 229 Å². The Morgan fingerprint density at radius 3 is 1.97 bits per heavy atom. The molecule has 0 aliphatic carbocycles. The van der Waals surface area contributed by atoms with E-state index in [9.17, 15) is 4.79 Å².